The second-order valence-corrected chi connectivity index (χ2v) is 8.08. The van der Waals surface area contributed by atoms with Gasteiger partial charge in [0, 0.05) is 18.7 Å². The molecule has 2 rings (SSSR count). The van der Waals surface area contributed by atoms with Crippen LogP contribution in [0, 0.1) is 5.82 Å². The standard InChI is InChI=1S/C18H18F4N2O3S/c1-28(26,27)24(11-14-6-2-3-8-16(14)19)12-17(25)23-10-13-5-4-7-15(9-13)18(20,21)22/h2-9H,10-12H2,1H3,(H,23,25). The molecule has 0 fully saturated rings. The van der Waals surface area contributed by atoms with Crippen LogP contribution in [0.3, 0.4) is 0 Å². The number of nitrogens with zero attached hydrogens (tertiary/aromatic N) is 1. The van der Waals surface area contributed by atoms with Gasteiger partial charge in [-0.3, -0.25) is 4.79 Å². The maximum Gasteiger partial charge on any atom is 0.416 e. The second kappa shape index (κ2) is 8.70. The highest BCUT2D eigenvalue weighted by molar-refractivity contribution is 7.88. The topological polar surface area (TPSA) is 66.5 Å². The van der Waals surface area contributed by atoms with Gasteiger partial charge in [-0.25, -0.2) is 12.8 Å². The molecule has 28 heavy (non-hydrogen) atoms. The van der Waals surface area contributed by atoms with Gasteiger partial charge in [0.05, 0.1) is 18.4 Å². The van der Waals surface area contributed by atoms with Crippen molar-refractivity contribution in [3.05, 3.63) is 71.0 Å². The van der Waals surface area contributed by atoms with E-state index in [-0.39, 0.29) is 24.2 Å². The van der Waals surface area contributed by atoms with Gasteiger partial charge in [-0.05, 0) is 23.8 Å². The van der Waals surface area contributed by atoms with E-state index in [1.165, 1.54) is 36.4 Å². The summed E-state index contributed by atoms with van der Waals surface area (Å²) < 4.78 is 76.5. The molecule has 0 aliphatic heterocycles. The Balaban J connectivity index is 2.04. The summed E-state index contributed by atoms with van der Waals surface area (Å²) in [5.74, 6) is -1.33. The molecule has 1 N–H and O–H groups in total. The number of alkyl halides is 3. The van der Waals surface area contributed by atoms with E-state index in [1.807, 2.05) is 0 Å². The van der Waals surface area contributed by atoms with E-state index in [1.54, 1.807) is 0 Å². The van der Waals surface area contributed by atoms with Crippen LogP contribution in [-0.2, 0) is 34.1 Å². The number of hydrogen-bond donors (Lipinski definition) is 1. The molecule has 0 saturated carbocycles. The second-order valence-electron chi connectivity index (χ2n) is 6.10. The summed E-state index contributed by atoms with van der Waals surface area (Å²) in [5, 5.41) is 2.37. The molecule has 0 aromatic heterocycles. The Morgan fingerprint density at radius 3 is 2.39 bits per heavy atom. The highest BCUT2D eigenvalue weighted by Gasteiger charge is 2.30. The van der Waals surface area contributed by atoms with Gasteiger partial charge in [-0.1, -0.05) is 30.3 Å². The molecule has 0 heterocycles. The van der Waals surface area contributed by atoms with E-state index >= 15 is 0 Å². The van der Waals surface area contributed by atoms with Crippen molar-refractivity contribution in [3.63, 3.8) is 0 Å². The number of benzene rings is 2. The highest BCUT2D eigenvalue weighted by atomic mass is 32.2. The number of rotatable bonds is 7. The van der Waals surface area contributed by atoms with Crippen molar-refractivity contribution in [2.45, 2.75) is 19.3 Å². The fraction of sp³-hybridized carbons (Fsp3) is 0.278. The number of carbonyl (C=O) groups excluding carboxylic acids is 1. The van der Waals surface area contributed by atoms with Crippen molar-refractivity contribution >= 4 is 15.9 Å². The quantitative estimate of drug-likeness (QED) is 0.704. The minimum absolute atomic E-state index is 0.0959. The molecule has 2 aromatic rings. The Kier molecular flexibility index (Phi) is 6.78. The average molecular weight is 418 g/mol. The molecule has 0 aliphatic carbocycles. The summed E-state index contributed by atoms with van der Waals surface area (Å²) in [5.41, 5.74) is -0.543. The van der Waals surface area contributed by atoms with Crippen LogP contribution in [0.1, 0.15) is 16.7 Å². The first-order chi connectivity index (χ1) is 13.0. The minimum Gasteiger partial charge on any atom is -0.351 e. The van der Waals surface area contributed by atoms with E-state index < -0.39 is 40.0 Å². The lowest BCUT2D eigenvalue weighted by molar-refractivity contribution is -0.137. The van der Waals surface area contributed by atoms with E-state index in [2.05, 4.69) is 5.32 Å². The lowest BCUT2D eigenvalue weighted by atomic mass is 10.1. The van der Waals surface area contributed by atoms with Gasteiger partial charge in [-0.15, -0.1) is 0 Å². The van der Waals surface area contributed by atoms with Gasteiger partial charge in [-0.2, -0.15) is 17.5 Å². The first-order valence-electron chi connectivity index (χ1n) is 8.08. The van der Waals surface area contributed by atoms with Crippen LogP contribution in [0.15, 0.2) is 48.5 Å². The minimum atomic E-state index is -4.51. The Hall–Kier alpha value is -2.46. The lowest BCUT2D eigenvalue weighted by Crippen LogP contribution is -2.39. The molecule has 0 spiro atoms. The van der Waals surface area contributed by atoms with Crippen molar-refractivity contribution in [2.75, 3.05) is 12.8 Å². The Labute approximate surface area is 160 Å². The third-order valence-electron chi connectivity index (χ3n) is 3.84. The van der Waals surface area contributed by atoms with Gasteiger partial charge in [0.1, 0.15) is 5.82 Å². The van der Waals surface area contributed by atoms with Crippen molar-refractivity contribution in [3.8, 4) is 0 Å². The molecule has 0 unspecified atom stereocenters. The summed E-state index contributed by atoms with van der Waals surface area (Å²) in [6.45, 7) is -1.14. The lowest BCUT2D eigenvalue weighted by Gasteiger charge is -2.20. The van der Waals surface area contributed by atoms with E-state index in [4.69, 9.17) is 0 Å². The van der Waals surface area contributed by atoms with Crippen LogP contribution in [0.25, 0.3) is 0 Å². The SMILES string of the molecule is CS(=O)(=O)N(CC(=O)NCc1cccc(C(F)(F)F)c1)Cc1ccccc1F. The van der Waals surface area contributed by atoms with Gasteiger partial charge >= 0.3 is 6.18 Å². The van der Waals surface area contributed by atoms with Gasteiger partial charge in [0.15, 0.2) is 0 Å². The van der Waals surface area contributed by atoms with Crippen molar-refractivity contribution < 1.29 is 30.8 Å². The largest absolute Gasteiger partial charge is 0.416 e. The first kappa shape index (κ1) is 21.8. The fourth-order valence-corrected chi connectivity index (χ4v) is 3.11. The number of sulfonamides is 1. The zero-order valence-corrected chi connectivity index (χ0v) is 15.6. The summed E-state index contributed by atoms with van der Waals surface area (Å²) in [7, 11) is -3.83. The number of amides is 1. The molecule has 0 radical (unpaired) electrons. The van der Waals surface area contributed by atoms with E-state index in [0.717, 1.165) is 22.7 Å². The third kappa shape index (κ3) is 6.31. The maximum absolute atomic E-state index is 13.8. The summed E-state index contributed by atoms with van der Waals surface area (Å²) in [6, 6.07) is 9.98. The first-order valence-corrected chi connectivity index (χ1v) is 9.93. The van der Waals surface area contributed by atoms with Gasteiger partial charge in [0.25, 0.3) is 0 Å². The molecule has 152 valence electrons. The Morgan fingerprint density at radius 1 is 1.11 bits per heavy atom. The highest BCUT2D eigenvalue weighted by Crippen LogP contribution is 2.29. The zero-order valence-electron chi connectivity index (χ0n) is 14.8. The molecule has 0 saturated heterocycles. The molecule has 2 aromatic carbocycles. The molecular weight excluding hydrogens is 400 g/mol. The molecule has 0 aliphatic rings. The molecule has 0 atom stereocenters. The summed E-state index contributed by atoms with van der Waals surface area (Å²) >= 11 is 0. The van der Waals surface area contributed by atoms with Crippen LogP contribution in [-0.4, -0.2) is 31.4 Å². The summed E-state index contributed by atoms with van der Waals surface area (Å²) in [4.78, 5) is 12.1. The number of halogens is 4. The Bertz CT molecular complexity index is 946. The predicted molar refractivity (Wildman–Crippen MR) is 94.9 cm³/mol. The average Bonchev–Trinajstić information content (AvgIpc) is 2.60. The fourth-order valence-electron chi connectivity index (χ4n) is 2.38. The van der Waals surface area contributed by atoms with Gasteiger partial charge in [0.2, 0.25) is 15.9 Å². The van der Waals surface area contributed by atoms with Crippen LogP contribution in [0.4, 0.5) is 17.6 Å². The monoisotopic (exact) mass is 418 g/mol. The van der Waals surface area contributed by atoms with Crippen LogP contribution in [0.5, 0.6) is 0 Å². The van der Waals surface area contributed by atoms with Gasteiger partial charge < -0.3 is 5.32 Å². The summed E-state index contributed by atoms with van der Waals surface area (Å²) in [6.07, 6.45) is -3.62. The van der Waals surface area contributed by atoms with Crippen LogP contribution in [0.2, 0.25) is 0 Å². The number of nitrogens with one attached hydrogen (secondary N) is 1. The number of hydrogen-bond acceptors (Lipinski definition) is 3. The molecular formula is C18H18F4N2O3S. The smallest absolute Gasteiger partial charge is 0.351 e. The normalized spacial score (nSPS) is 12.2. The molecule has 10 heteroatoms. The number of carbonyl (C=O) groups is 1. The predicted octanol–water partition coefficient (Wildman–Crippen LogP) is 2.92. The van der Waals surface area contributed by atoms with Crippen molar-refractivity contribution in [1.29, 1.82) is 0 Å². The van der Waals surface area contributed by atoms with Crippen molar-refractivity contribution in [1.82, 2.24) is 9.62 Å². The third-order valence-corrected chi connectivity index (χ3v) is 5.03. The maximum atomic E-state index is 13.8. The Morgan fingerprint density at radius 2 is 1.79 bits per heavy atom. The molecule has 5 nitrogen and oxygen atoms in total. The van der Waals surface area contributed by atoms with E-state index in [0.29, 0.717) is 0 Å². The van der Waals surface area contributed by atoms with Crippen molar-refractivity contribution in [2.24, 2.45) is 0 Å². The molecule has 0 bridgehead atoms. The molecule has 1 amide bonds. The zero-order chi connectivity index (χ0) is 20.9. The van der Waals surface area contributed by atoms with Crippen LogP contribution < -0.4 is 5.32 Å². The van der Waals surface area contributed by atoms with E-state index in [9.17, 15) is 30.8 Å². The van der Waals surface area contributed by atoms with Crippen LogP contribution >= 0.6 is 0 Å².